The molecule has 0 aliphatic rings. The molecule has 0 spiro atoms. The minimum atomic E-state index is -4.04. The topological polar surface area (TPSA) is 75.7 Å². The van der Waals surface area contributed by atoms with Crippen molar-refractivity contribution in [2.45, 2.75) is 43.0 Å². The van der Waals surface area contributed by atoms with E-state index in [4.69, 9.17) is 4.74 Å². The van der Waals surface area contributed by atoms with E-state index >= 15 is 0 Å². The van der Waals surface area contributed by atoms with Gasteiger partial charge in [0.2, 0.25) is 5.91 Å². The maximum atomic E-state index is 13.7. The number of carbonyl (C=O) groups is 1. The van der Waals surface area contributed by atoms with Crippen molar-refractivity contribution in [3.8, 4) is 5.75 Å². The first kappa shape index (κ1) is 26.6. The van der Waals surface area contributed by atoms with Crippen LogP contribution >= 0.6 is 11.8 Å². The van der Waals surface area contributed by atoms with Crippen molar-refractivity contribution in [2.75, 3.05) is 23.7 Å². The molecule has 8 heteroatoms. The Labute approximate surface area is 212 Å². The predicted molar refractivity (Wildman–Crippen MR) is 143 cm³/mol. The molecule has 1 atom stereocenters. The van der Waals surface area contributed by atoms with Crippen LogP contribution in [0.2, 0.25) is 0 Å². The number of amides is 1. The van der Waals surface area contributed by atoms with Crippen molar-refractivity contribution in [3.05, 3.63) is 83.9 Å². The number of carbonyl (C=O) groups excluding carboxylic acids is 1. The molecule has 0 fully saturated rings. The van der Waals surface area contributed by atoms with Crippen LogP contribution in [0.5, 0.6) is 5.75 Å². The molecule has 3 aromatic rings. The standard InChI is InChI=1S/C27H32N2O4S2/c1-5-21-11-13-22(14-12-21)20(3)28-27(30)19-29(25-9-7-8-10-26(25)33-6-2)35(31,32)24-17-15-23(34-4)16-18-24/h7-18,20H,5-6,19H2,1-4H3,(H,28,30). The Morgan fingerprint density at radius 2 is 1.66 bits per heavy atom. The highest BCUT2D eigenvalue weighted by Gasteiger charge is 2.30. The highest BCUT2D eigenvalue weighted by atomic mass is 32.2. The van der Waals surface area contributed by atoms with E-state index in [2.05, 4.69) is 12.2 Å². The lowest BCUT2D eigenvalue weighted by molar-refractivity contribution is -0.120. The summed E-state index contributed by atoms with van der Waals surface area (Å²) in [5.74, 6) is -0.0111. The monoisotopic (exact) mass is 512 g/mol. The van der Waals surface area contributed by atoms with Gasteiger partial charge in [-0.2, -0.15) is 0 Å². The minimum Gasteiger partial charge on any atom is -0.492 e. The smallest absolute Gasteiger partial charge is 0.264 e. The van der Waals surface area contributed by atoms with Crippen molar-refractivity contribution in [3.63, 3.8) is 0 Å². The predicted octanol–water partition coefficient (Wildman–Crippen LogP) is 5.44. The zero-order chi connectivity index (χ0) is 25.4. The molecule has 6 nitrogen and oxygen atoms in total. The van der Waals surface area contributed by atoms with Gasteiger partial charge in [-0.05, 0) is 74.0 Å². The number of rotatable bonds is 11. The number of nitrogens with one attached hydrogen (secondary N) is 1. The van der Waals surface area contributed by atoms with Crippen LogP contribution in [-0.2, 0) is 21.2 Å². The fourth-order valence-corrected chi connectivity index (χ4v) is 5.50. The number of aryl methyl sites for hydroxylation is 1. The van der Waals surface area contributed by atoms with Gasteiger partial charge in [-0.25, -0.2) is 8.42 Å². The SMILES string of the molecule is CCOc1ccccc1N(CC(=O)NC(C)c1ccc(CC)cc1)S(=O)(=O)c1ccc(SC)cc1. The van der Waals surface area contributed by atoms with Crippen molar-refractivity contribution in [1.82, 2.24) is 5.32 Å². The van der Waals surface area contributed by atoms with Crippen LogP contribution in [0.25, 0.3) is 0 Å². The molecule has 1 amide bonds. The number of sulfonamides is 1. The van der Waals surface area contributed by atoms with Gasteiger partial charge >= 0.3 is 0 Å². The zero-order valence-corrected chi connectivity index (χ0v) is 22.2. The number of nitrogens with zero attached hydrogens (tertiary/aromatic N) is 1. The van der Waals surface area contributed by atoms with Crippen LogP contribution in [0.15, 0.2) is 82.6 Å². The van der Waals surface area contributed by atoms with Crippen LogP contribution in [0.4, 0.5) is 5.69 Å². The maximum absolute atomic E-state index is 13.7. The molecule has 0 aliphatic carbocycles. The summed E-state index contributed by atoms with van der Waals surface area (Å²) in [5.41, 5.74) is 2.48. The van der Waals surface area contributed by atoms with E-state index in [1.165, 1.54) is 17.3 Å². The second kappa shape index (κ2) is 12.1. The van der Waals surface area contributed by atoms with Gasteiger partial charge in [-0.3, -0.25) is 9.10 Å². The van der Waals surface area contributed by atoms with Crippen LogP contribution in [0.3, 0.4) is 0 Å². The zero-order valence-electron chi connectivity index (χ0n) is 20.5. The van der Waals surface area contributed by atoms with Crippen LogP contribution in [0, 0.1) is 0 Å². The summed E-state index contributed by atoms with van der Waals surface area (Å²) in [6.45, 7) is 5.78. The number of para-hydroxylation sites is 2. The third-order valence-electron chi connectivity index (χ3n) is 5.63. The molecular weight excluding hydrogens is 480 g/mol. The summed E-state index contributed by atoms with van der Waals surface area (Å²) in [5, 5.41) is 2.94. The van der Waals surface area contributed by atoms with Crippen molar-refractivity contribution < 1.29 is 17.9 Å². The van der Waals surface area contributed by atoms with Gasteiger partial charge in [0.25, 0.3) is 10.0 Å². The largest absolute Gasteiger partial charge is 0.492 e. The number of thioether (sulfide) groups is 1. The van der Waals surface area contributed by atoms with E-state index in [1.54, 1.807) is 48.5 Å². The Bertz CT molecular complexity index is 1230. The van der Waals surface area contributed by atoms with Gasteiger partial charge in [-0.15, -0.1) is 11.8 Å². The average molecular weight is 513 g/mol. The number of hydrogen-bond donors (Lipinski definition) is 1. The Morgan fingerprint density at radius 3 is 2.26 bits per heavy atom. The third-order valence-corrected chi connectivity index (χ3v) is 8.15. The van der Waals surface area contributed by atoms with Gasteiger partial charge < -0.3 is 10.1 Å². The van der Waals surface area contributed by atoms with Crippen molar-refractivity contribution in [2.24, 2.45) is 0 Å². The molecule has 0 saturated carbocycles. The first-order valence-corrected chi connectivity index (χ1v) is 14.2. The molecule has 1 N–H and O–H groups in total. The lowest BCUT2D eigenvalue weighted by atomic mass is 10.1. The average Bonchev–Trinajstić information content (AvgIpc) is 2.88. The first-order valence-electron chi connectivity index (χ1n) is 11.6. The highest BCUT2D eigenvalue weighted by molar-refractivity contribution is 7.98. The van der Waals surface area contributed by atoms with Gasteiger partial charge in [0, 0.05) is 4.90 Å². The lowest BCUT2D eigenvalue weighted by Crippen LogP contribution is -2.41. The molecular formula is C27H32N2O4S2. The molecule has 3 aromatic carbocycles. The number of ether oxygens (including phenoxy) is 1. The summed E-state index contributed by atoms with van der Waals surface area (Å²) in [7, 11) is -4.04. The van der Waals surface area contributed by atoms with Crippen LogP contribution < -0.4 is 14.4 Å². The maximum Gasteiger partial charge on any atom is 0.264 e. The summed E-state index contributed by atoms with van der Waals surface area (Å²) in [6.07, 6.45) is 2.86. The normalized spacial score (nSPS) is 12.1. The van der Waals surface area contributed by atoms with Gasteiger partial charge in [-0.1, -0.05) is 43.3 Å². The van der Waals surface area contributed by atoms with E-state index in [9.17, 15) is 13.2 Å². The fourth-order valence-electron chi connectivity index (χ4n) is 3.66. The minimum absolute atomic E-state index is 0.109. The number of hydrogen-bond acceptors (Lipinski definition) is 5. The first-order chi connectivity index (χ1) is 16.8. The van der Waals surface area contributed by atoms with E-state index in [0.29, 0.717) is 18.0 Å². The fraction of sp³-hybridized carbons (Fsp3) is 0.296. The number of benzene rings is 3. The summed E-state index contributed by atoms with van der Waals surface area (Å²) in [4.78, 5) is 14.2. The molecule has 0 radical (unpaired) electrons. The van der Waals surface area contributed by atoms with Gasteiger partial charge in [0.1, 0.15) is 12.3 Å². The third kappa shape index (κ3) is 6.58. The Kier molecular flexibility index (Phi) is 9.23. The molecule has 0 heterocycles. The molecule has 1 unspecified atom stereocenters. The van der Waals surface area contributed by atoms with Crippen LogP contribution in [-0.4, -0.2) is 33.7 Å². The molecule has 0 aliphatic heterocycles. The molecule has 35 heavy (non-hydrogen) atoms. The molecule has 186 valence electrons. The van der Waals surface area contributed by atoms with Crippen LogP contribution in [0.1, 0.15) is 37.9 Å². The van der Waals surface area contributed by atoms with E-state index < -0.39 is 15.9 Å². The lowest BCUT2D eigenvalue weighted by Gasteiger charge is -2.26. The second-order valence-electron chi connectivity index (χ2n) is 7.97. The van der Waals surface area contributed by atoms with E-state index in [-0.39, 0.29) is 17.5 Å². The molecule has 0 aromatic heterocycles. The number of anilines is 1. The van der Waals surface area contributed by atoms with Crippen molar-refractivity contribution >= 4 is 33.4 Å². The summed E-state index contributed by atoms with van der Waals surface area (Å²) in [6, 6.07) is 21.2. The van der Waals surface area contributed by atoms with E-state index in [1.807, 2.05) is 44.4 Å². The van der Waals surface area contributed by atoms with Gasteiger partial charge in [0.05, 0.1) is 23.2 Å². The highest BCUT2D eigenvalue weighted by Crippen LogP contribution is 2.33. The van der Waals surface area contributed by atoms with Gasteiger partial charge in [0.15, 0.2) is 0 Å². The molecule has 0 bridgehead atoms. The van der Waals surface area contributed by atoms with E-state index in [0.717, 1.165) is 21.2 Å². The second-order valence-corrected chi connectivity index (χ2v) is 10.7. The molecule has 3 rings (SSSR count). The summed E-state index contributed by atoms with van der Waals surface area (Å²) < 4.78 is 34.3. The molecule has 0 saturated heterocycles. The Hall–Kier alpha value is -2.97. The Morgan fingerprint density at radius 1 is 1.00 bits per heavy atom. The van der Waals surface area contributed by atoms with Crippen molar-refractivity contribution in [1.29, 1.82) is 0 Å². The quantitative estimate of drug-likeness (QED) is 0.346. The Balaban J connectivity index is 1.92. The summed E-state index contributed by atoms with van der Waals surface area (Å²) >= 11 is 1.53.